The van der Waals surface area contributed by atoms with Gasteiger partial charge in [0.2, 0.25) is 0 Å². The molecule has 1 N–H and O–H groups in total. The Morgan fingerprint density at radius 2 is 1.81 bits per heavy atom. The van der Waals surface area contributed by atoms with Gasteiger partial charge in [0.1, 0.15) is 17.4 Å². The van der Waals surface area contributed by atoms with Crippen molar-refractivity contribution in [2.75, 3.05) is 14.2 Å². The summed E-state index contributed by atoms with van der Waals surface area (Å²) in [4.78, 5) is 10.9. The Morgan fingerprint density at radius 3 is 2.19 bits per heavy atom. The SMILES string of the molecule is COC(=O)C(O)c1c(F)cc(OC)cc1F. The smallest absolute Gasteiger partial charge is 0.339 e. The first-order valence-electron chi connectivity index (χ1n) is 4.30. The first-order chi connectivity index (χ1) is 7.51. The summed E-state index contributed by atoms with van der Waals surface area (Å²) >= 11 is 0. The van der Waals surface area contributed by atoms with Crippen molar-refractivity contribution in [1.82, 2.24) is 0 Å². The van der Waals surface area contributed by atoms with E-state index in [2.05, 4.69) is 9.47 Å². The van der Waals surface area contributed by atoms with Crippen molar-refractivity contribution in [3.05, 3.63) is 29.3 Å². The number of rotatable bonds is 3. The van der Waals surface area contributed by atoms with Crippen LogP contribution in [0, 0.1) is 11.6 Å². The van der Waals surface area contributed by atoms with Gasteiger partial charge in [0, 0.05) is 12.1 Å². The number of esters is 1. The number of methoxy groups -OCH3 is 2. The Labute approximate surface area is 90.4 Å². The number of ether oxygens (including phenoxy) is 2. The van der Waals surface area contributed by atoms with Gasteiger partial charge in [-0.2, -0.15) is 0 Å². The predicted octanol–water partition coefficient (Wildman–Crippen LogP) is 1.18. The van der Waals surface area contributed by atoms with Crippen molar-refractivity contribution in [1.29, 1.82) is 0 Å². The van der Waals surface area contributed by atoms with Crippen LogP contribution in [0.4, 0.5) is 8.78 Å². The fraction of sp³-hybridized carbons (Fsp3) is 0.300. The molecule has 0 fully saturated rings. The highest BCUT2D eigenvalue weighted by Gasteiger charge is 2.26. The quantitative estimate of drug-likeness (QED) is 0.795. The van der Waals surface area contributed by atoms with Gasteiger partial charge < -0.3 is 14.6 Å². The van der Waals surface area contributed by atoms with Gasteiger partial charge in [-0.05, 0) is 0 Å². The monoisotopic (exact) mass is 232 g/mol. The van der Waals surface area contributed by atoms with E-state index in [1.54, 1.807) is 0 Å². The molecule has 1 unspecified atom stereocenters. The second-order valence-corrected chi connectivity index (χ2v) is 2.93. The number of carbonyl (C=O) groups excluding carboxylic acids is 1. The molecule has 0 aliphatic carbocycles. The van der Waals surface area contributed by atoms with Crippen LogP contribution < -0.4 is 4.74 Å². The highest BCUT2D eigenvalue weighted by molar-refractivity contribution is 5.76. The Kier molecular flexibility index (Phi) is 3.78. The number of benzene rings is 1. The molecule has 16 heavy (non-hydrogen) atoms. The number of halogens is 2. The van der Waals surface area contributed by atoms with E-state index >= 15 is 0 Å². The summed E-state index contributed by atoms with van der Waals surface area (Å²) in [6, 6.07) is 1.73. The Morgan fingerprint density at radius 1 is 1.31 bits per heavy atom. The summed E-state index contributed by atoms with van der Waals surface area (Å²) in [5.74, 6) is -3.33. The van der Waals surface area contributed by atoms with E-state index in [4.69, 9.17) is 0 Å². The second-order valence-electron chi connectivity index (χ2n) is 2.93. The zero-order valence-electron chi connectivity index (χ0n) is 8.66. The van der Waals surface area contributed by atoms with Crippen LogP contribution in [0.5, 0.6) is 5.75 Å². The van der Waals surface area contributed by atoms with Crippen LogP contribution in [0.15, 0.2) is 12.1 Å². The fourth-order valence-electron chi connectivity index (χ4n) is 1.17. The summed E-state index contributed by atoms with van der Waals surface area (Å²) in [6.45, 7) is 0. The van der Waals surface area contributed by atoms with E-state index in [9.17, 15) is 18.7 Å². The normalized spacial score (nSPS) is 12.1. The lowest BCUT2D eigenvalue weighted by atomic mass is 10.1. The summed E-state index contributed by atoms with van der Waals surface area (Å²) in [5.41, 5.74) is -0.757. The number of carbonyl (C=O) groups is 1. The van der Waals surface area contributed by atoms with Crippen LogP contribution >= 0.6 is 0 Å². The summed E-state index contributed by atoms with van der Waals surface area (Å²) in [5, 5.41) is 9.32. The van der Waals surface area contributed by atoms with E-state index < -0.39 is 29.3 Å². The average Bonchev–Trinajstić information content (AvgIpc) is 2.26. The molecule has 0 amide bonds. The zero-order valence-corrected chi connectivity index (χ0v) is 8.66. The van der Waals surface area contributed by atoms with E-state index in [0.717, 1.165) is 19.2 Å². The standard InChI is InChI=1S/C10H10F2O4/c1-15-5-3-6(11)8(7(12)4-5)9(13)10(14)16-2/h3-4,9,13H,1-2H3. The average molecular weight is 232 g/mol. The van der Waals surface area contributed by atoms with Crippen molar-refractivity contribution in [3.8, 4) is 5.75 Å². The van der Waals surface area contributed by atoms with Gasteiger partial charge in [-0.3, -0.25) is 0 Å². The number of aliphatic hydroxyl groups is 1. The summed E-state index contributed by atoms with van der Waals surface area (Å²) in [6.07, 6.45) is -1.99. The zero-order chi connectivity index (χ0) is 12.3. The lowest BCUT2D eigenvalue weighted by Crippen LogP contribution is -2.16. The molecule has 1 rings (SSSR count). The van der Waals surface area contributed by atoms with E-state index in [1.165, 1.54) is 7.11 Å². The lowest BCUT2D eigenvalue weighted by molar-refractivity contribution is -0.151. The lowest BCUT2D eigenvalue weighted by Gasteiger charge is -2.11. The molecule has 0 bridgehead atoms. The Balaban J connectivity index is 3.19. The third kappa shape index (κ3) is 2.27. The fourth-order valence-corrected chi connectivity index (χ4v) is 1.17. The van der Waals surface area contributed by atoms with Crippen LogP contribution in [0.3, 0.4) is 0 Å². The maximum absolute atomic E-state index is 13.4. The van der Waals surface area contributed by atoms with Crippen molar-refractivity contribution in [3.63, 3.8) is 0 Å². The van der Waals surface area contributed by atoms with Gasteiger partial charge in [-0.15, -0.1) is 0 Å². The molecule has 1 atom stereocenters. The van der Waals surface area contributed by atoms with Crippen molar-refractivity contribution >= 4 is 5.97 Å². The van der Waals surface area contributed by atoms with E-state index in [-0.39, 0.29) is 5.75 Å². The first-order valence-corrected chi connectivity index (χ1v) is 4.30. The maximum atomic E-state index is 13.4. The molecule has 4 nitrogen and oxygen atoms in total. The highest BCUT2D eigenvalue weighted by atomic mass is 19.1. The minimum absolute atomic E-state index is 0.0455. The third-order valence-electron chi connectivity index (χ3n) is 1.99. The molecule has 0 spiro atoms. The molecule has 6 heteroatoms. The van der Waals surface area contributed by atoms with Crippen LogP contribution in [-0.2, 0) is 9.53 Å². The highest BCUT2D eigenvalue weighted by Crippen LogP contribution is 2.26. The van der Waals surface area contributed by atoms with Crippen LogP contribution in [0.1, 0.15) is 11.7 Å². The molecular formula is C10H10F2O4. The molecule has 0 radical (unpaired) electrons. The number of hydrogen-bond donors (Lipinski definition) is 1. The van der Waals surface area contributed by atoms with Gasteiger partial charge in [0.25, 0.3) is 0 Å². The largest absolute Gasteiger partial charge is 0.497 e. The molecule has 0 heterocycles. The summed E-state index contributed by atoms with van der Waals surface area (Å²) in [7, 11) is 2.25. The van der Waals surface area contributed by atoms with Crippen molar-refractivity contribution < 1.29 is 28.2 Å². The van der Waals surface area contributed by atoms with Gasteiger partial charge in [-0.1, -0.05) is 0 Å². The number of aliphatic hydroxyl groups excluding tert-OH is 1. The molecule has 0 aliphatic heterocycles. The molecule has 0 aromatic heterocycles. The minimum atomic E-state index is -1.99. The molecule has 88 valence electrons. The van der Waals surface area contributed by atoms with Crippen molar-refractivity contribution in [2.24, 2.45) is 0 Å². The van der Waals surface area contributed by atoms with Gasteiger partial charge >= 0.3 is 5.97 Å². The van der Waals surface area contributed by atoms with Crippen LogP contribution in [0.2, 0.25) is 0 Å². The molecule has 0 saturated heterocycles. The number of hydrogen-bond acceptors (Lipinski definition) is 4. The van der Waals surface area contributed by atoms with E-state index in [1.807, 2.05) is 0 Å². The predicted molar refractivity (Wildman–Crippen MR) is 49.9 cm³/mol. The Bertz CT molecular complexity index is 383. The van der Waals surface area contributed by atoms with Crippen LogP contribution in [-0.4, -0.2) is 25.3 Å². The second kappa shape index (κ2) is 4.89. The molecule has 0 saturated carbocycles. The maximum Gasteiger partial charge on any atom is 0.339 e. The van der Waals surface area contributed by atoms with E-state index in [0.29, 0.717) is 0 Å². The molecular weight excluding hydrogens is 222 g/mol. The molecule has 0 aliphatic rings. The first kappa shape index (κ1) is 12.4. The third-order valence-corrected chi connectivity index (χ3v) is 1.99. The summed E-state index contributed by atoms with van der Waals surface area (Å²) < 4.78 is 35.5. The van der Waals surface area contributed by atoms with Gasteiger partial charge in [0.05, 0.1) is 19.8 Å². The topological polar surface area (TPSA) is 55.8 Å². The van der Waals surface area contributed by atoms with Crippen molar-refractivity contribution in [2.45, 2.75) is 6.10 Å². The van der Waals surface area contributed by atoms with Crippen LogP contribution in [0.25, 0.3) is 0 Å². The Hall–Kier alpha value is -1.69. The van der Waals surface area contributed by atoms with Gasteiger partial charge in [0.15, 0.2) is 6.10 Å². The minimum Gasteiger partial charge on any atom is -0.497 e. The molecule has 1 aromatic rings. The van der Waals surface area contributed by atoms with Gasteiger partial charge in [-0.25, -0.2) is 13.6 Å². The molecule has 1 aromatic carbocycles.